The fraction of sp³-hybridized carbons (Fsp3) is 0.333. The van der Waals surface area contributed by atoms with Gasteiger partial charge in [0.2, 0.25) is 0 Å². The number of amides is 1. The first kappa shape index (κ1) is 16.4. The standard InChI is InChI=1S/C18H17FN4O3/c1-11-15(9-20-25-11)18(24)23-8-2-3-13(10-23)16-21-17(26-22-16)12-4-6-14(19)7-5-12/h4-7,9,13H,2-3,8,10H2,1H3/t13-/m0/s1. The summed E-state index contributed by atoms with van der Waals surface area (Å²) in [6.45, 7) is 2.89. The Morgan fingerprint density at radius 3 is 2.81 bits per heavy atom. The van der Waals surface area contributed by atoms with E-state index in [0.29, 0.717) is 41.7 Å². The third-order valence-corrected chi connectivity index (χ3v) is 4.59. The number of benzene rings is 1. The van der Waals surface area contributed by atoms with Crippen LogP contribution < -0.4 is 0 Å². The normalized spacial score (nSPS) is 17.5. The second-order valence-corrected chi connectivity index (χ2v) is 6.35. The van der Waals surface area contributed by atoms with Gasteiger partial charge < -0.3 is 13.9 Å². The van der Waals surface area contributed by atoms with E-state index in [1.165, 1.54) is 18.3 Å². The highest BCUT2D eigenvalue weighted by molar-refractivity contribution is 5.94. The number of rotatable bonds is 3. The Kier molecular flexibility index (Phi) is 4.24. The zero-order valence-corrected chi connectivity index (χ0v) is 14.2. The van der Waals surface area contributed by atoms with Crippen molar-refractivity contribution in [2.24, 2.45) is 0 Å². The number of nitrogens with zero attached hydrogens (tertiary/aromatic N) is 4. The molecule has 0 radical (unpaired) electrons. The first-order valence-corrected chi connectivity index (χ1v) is 8.42. The van der Waals surface area contributed by atoms with Crippen LogP contribution in [0, 0.1) is 12.7 Å². The van der Waals surface area contributed by atoms with Crippen molar-refractivity contribution in [1.82, 2.24) is 20.2 Å². The molecule has 7 nitrogen and oxygen atoms in total. The van der Waals surface area contributed by atoms with Gasteiger partial charge in [-0.2, -0.15) is 4.98 Å². The highest BCUT2D eigenvalue weighted by atomic mass is 19.1. The number of aromatic nitrogens is 3. The van der Waals surface area contributed by atoms with Gasteiger partial charge in [0.1, 0.15) is 17.1 Å². The molecule has 1 aliphatic rings. The quantitative estimate of drug-likeness (QED) is 0.716. The molecule has 26 heavy (non-hydrogen) atoms. The highest BCUT2D eigenvalue weighted by Crippen LogP contribution is 2.28. The van der Waals surface area contributed by atoms with E-state index in [2.05, 4.69) is 15.3 Å². The number of halogens is 1. The smallest absolute Gasteiger partial charge is 0.259 e. The van der Waals surface area contributed by atoms with E-state index in [1.54, 1.807) is 24.0 Å². The number of aryl methyl sites for hydroxylation is 1. The third-order valence-electron chi connectivity index (χ3n) is 4.59. The van der Waals surface area contributed by atoms with E-state index in [4.69, 9.17) is 9.05 Å². The van der Waals surface area contributed by atoms with Crippen LogP contribution in [0.3, 0.4) is 0 Å². The van der Waals surface area contributed by atoms with E-state index in [9.17, 15) is 9.18 Å². The number of piperidine rings is 1. The molecule has 1 aromatic carbocycles. The van der Waals surface area contributed by atoms with Gasteiger partial charge in [-0.05, 0) is 44.0 Å². The highest BCUT2D eigenvalue weighted by Gasteiger charge is 2.30. The second kappa shape index (κ2) is 6.70. The van der Waals surface area contributed by atoms with Gasteiger partial charge in [-0.1, -0.05) is 10.3 Å². The molecule has 3 aromatic rings. The topological polar surface area (TPSA) is 85.3 Å². The average Bonchev–Trinajstić information content (AvgIpc) is 3.31. The summed E-state index contributed by atoms with van der Waals surface area (Å²) in [5.41, 5.74) is 1.14. The number of hydrogen-bond donors (Lipinski definition) is 0. The van der Waals surface area contributed by atoms with Gasteiger partial charge in [0.25, 0.3) is 11.8 Å². The number of likely N-dealkylation sites (tertiary alicyclic amines) is 1. The summed E-state index contributed by atoms with van der Waals surface area (Å²) in [7, 11) is 0. The minimum absolute atomic E-state index is 0.00850. The molecular weight excluding hydrogens is 339 g/mol. The molecule has 0 bridgehead atoms. The first-order valence-electron chi connectivity index (χ1n) is 8.42. The predicted octanol–water partition coefficient (Wildman–Crippen LogP) is 3.19. The Labute approximate surface area is 148 Å². The fourth-order valence-electron chi connectivity index (χ4n) is 3.16. The molecule has 1 atom stereocenters. The molecule has 1 aliphatic heterocycles. The van der Waals surface area contributed by atoms with Crippen molar-refractivity contribution >= 4 is 5.91 Å². The van der Waals surface area contributed by atoms with Gasteiger partial charge in [-0.15, -0.1) is 0 Å². The Bertz CT molecular complexity index is 919. The molecular formula is C18H17FN4O3. The monoisotopic (exact) mass is 356 g/mol. The number of carbonyl (C=O) groups excluding carboxylic acids is 1. The average molecular weight is 356 g/mol. The number of hydrogen-bond acceptors (Lipinski definition) is 6. The van der Waals surface area contributed by atoms with E-state index in [0.717, 1.165) is 12.8 Å². The molecule has 3 heterocycles. The van der Waals surface area contributed by atoms with Crippen molar-refractivity contribution in [3.63, 3.8) is 0 Å². The Hall–Kier alpha value is -3.03. The fourth-order valence-corrected chi connectivity index (χ4v) is 3.16. The van der Waals surface area contributed by atoms with Gasteiger partial charge in [0.15, 0.2) is 5.82 Å². The van der Waals surface area contributed by atoms with Gasteiger partial charge >= 0.3 is 0 Å². The van der Waals surface area contributed by atoms with E-state index >= 15 is 0 Å². The zero-order valence-electron chi connectivity index (χ0n) is 14.2. The summed E-state index contributed by atoms with van der Waals surface area (Å²) in [6, 6.07) is 5.89. The lowest BCUT2D eigenvalue weighted by Gasteiger charge is -2.31. The maximum Gasteiger partial charge on any atom is 0.259 e. The summed E-state index contributed by atoms with van der Waals surface area (Å²) >= 11 is 0. The largest absolute Gasteiger partial charge is 0.361 e. The molecule has 1 saturated heterocycles. The Morgan fingerprint density at radius 2 is 2.08 bits per heavy atom. The molecule has 1 amide bonds. The lowest BCUT2D eigenvalue weighted by molar-refractivity contribution is 0.0702. The van der Waals surface area contributed by atoms with Crippen LogP contribution in [0.5, 0.6) is 0 Å². The van der Waals surface area contributed by atoms with Gasteiger partial charge in [-0.25, -0.2) is 4.39 Å². The van der Waals surface area contributed by atoms with E-state index in [1.807, 2.05) is 0 Å². The molecule has 8 heteroatoms. The minimum atomic E-state index is -0.320. The van der Waals surface area contributed by atoms with Gasteiger partial charge in [0, 0.05) is 24.6 Å². The third kappa shape index (κ3) is 3.10. The van der Waals surface area contributed by atoms with Gasteiger partial charge in [0.05, 0.1) is 6.20 Å². The van der Waals surface area contributed by atoms with Crippen LogP contribution >= 0.6 is 0 Å². The van der Waals surface area contributed by atoms with Crippen molar-refractivity contribution < 1.29 is 18.2 Å². The first-order chi connectivity index (χ1) is 12.6. The molecule has 0 aliphatic carbocycles. The van der Waals surface area contributed by atoms with Crippen molar-refractivity contribution in [3.05, 3.63) is 53.4 Å². The summed E-state index contributed by atoms with van der Waals surface area (Å²) in [5.74, 6) is 0.984. The van der Waals surface area contributed by atoms with Gasteiger partial charge in [-0.3, -0.25) is 4.79 Å². The second-order valence-electron chi connectivity index (χ2n) is 6.35. The summed E-state index contributed by atoms with van der Waals surface area (Å²) < 4.78 is 23.4. The minimum Gasteiger partial charge on any atom is -0.361 e. The summed E-state index contributed by atoms with van der Waals surface area (Å²) in [6.07, 6.45) is 3.16. The van der Waals surface area contributed by atoms with Crippen LogP contribution in [-0.2, 0) is 0 Å². The molecule has 0 spiro atoms. The van der Waals surface area contributed by atoms with Crippen molar-refractivity contribution in [3.8, 4) is 11.5 Å². The summed E-state index contributed by atoms with van der Waals surface area (Å²) in [4.78, 5) is 18.8. The van der Waals surface area contributed by atoms with E-state index in [-0.39, 0.29) is 17.6 Å². The molecule has 0 saturated carbocycles. The predicted molar refractivity (Wildman–Crippen MR) is 88.8 cm³/mol. The van der Waals surface area contributed by atoms with Crippen molar-refractivity contribution in [2.45, 2.75) is 25.7 Å². The SMILES string of the molecule is Cc1oncc1C(=O)N1CCC[C@H](c2noc(-c3ccc(F)cc3)n2)C1. The number of carbonyl (C=O) groups is 1. The van der Waals surface area contributed by atoms with Crippen LogP contribution in [0.25, 0.3) is 11.5 Å². The summed E-state index contributed by atoms with van der Waals surface area (Å²) in [5, 5.41) is 7.73. The van der Waals surface area contributed by atoms with Crippen molar-refractivity contribution in [2.75, 3.05) is 13.1 Å². The molecule has 2 aromatic heterocycles. The van der Waals surface area contributed by atoms with Crippen molar-refractivity contribution in [1.29, 1.82) is 0 Å². The molecule has 4 rings (SSSR count). The molecule has 134 valence electrons. The van der Waals surface area contributed by atoms with Crippen LogP contribution in [0.2, 0.25) is 0 Å². The molecule has 1 fully saturated rings. The molecule has 0 N–H and O–H groups in total. The molecule has 0 unspecified atom stereocenters. The Morgan fingerprint density at radius 1 is 1.27 bits per heavy atom. The zero-order chi connectivity index (χ0) is 18.1. The lowest BCUT2D eigenvalue weighted by atomic mass is 9.97. The van der Waals surface area contributed by atoms with E-state index < -0.39 is 0 Å². The van der Waals surface area contributed by atoms with Crippen LogP contribution in [-0.4, -0.2) is 39.2 Å². The van der Waals surface area contributed by atoms with Crippen LogP contribution in [0.15, 0.2) is 39.5 Å². The Balaban J connectivity index is 1.51. The maximum absolute atomic E-state index is 13.0. The van der Waals surface area contributed by atoms with Crippen LogP contribution in [0.1, 0.15) is 40.7 Å². The maximum atomic E-state index is 13.0. The van der Waals surface area contributed by atoms with Crippen LogP contribution in [0.4, 0.5) is 4.39 Å². The lowest BCUT2D eigenvalue weighted by Crippen LogP contribution is -2.39.